The van der Waals surface area contributed by atoms with Crippen molar-refractivity contribution in [3.8, 4) is 17.2 Å². The van der Waals surface area contributed by atoms with E-state index in [0.29, 0.717) is 16.9 Å². The van der Waals surface area contributed by atoms with Crippen molar-refractivity contribution in [3.05, 3.63) is 139 Å². The third kappa shape index (κ3) is 6.06. The van der Waals surface area contributed by atoms with Gasteiger partial charge >= 0.3 is 0 Å². The van der Waals surface area contributed by atoms with Crippen LogP contribution in [0.15, 0.2) is 133 Å². The van der Waals surface area contributed by atoms with Crippen molar-refractivity contribution < 1.29 is 33.8 Å². The standard InChI is InChI=1S/C46H40N4O7/c1-56-37-23-32(51)24-38(57-2)42(37)40-33-21-22-34-39(45(54)49(43(34)52)30-17-13-28(14-18-30)47-26-9-5-3-6-10-26)35(33)25-36-41(40)46(55)50(44(36)53)31-19-15-29(16-20-31)48-27-11-7-4-8-12-27/h3-21,23-24,34-36,39-41,47-48,51H,22,25H2,1-2H3. The first kappa shape index (κ1) is 35.8. The zero-order valence-corrected chi connectivity index (χ0v) is 31.3. The molecule has 0 spiro atoms. The number of hydrogen-bond acceptors (Lipinski definition) is 9. The van der Waals surface area contributed by atoms with Crippen molar-refractivity contribution in [2.45, 2.75) is 18.8 Å². The zero-order valence-electron chi connectivity index (χ0n) is 31.3. The van der Waals surface area contributed by atoms with E-state index in [9.17, 15) is 24.3 Å². The number of imide groups is 2. The highest BCUT2D eigenvalue weighted by Gasteiger charge is 2.63. The Bertz CT molecular complexity index is 2390. The number of allylic oxidation sites excluding steroid dienone is 2. The largest absolute Gasteiger partial charge is 0.508 e. The molecule has 4 amide bonds. The van der Waals surface area contributed by atoms with E-state index in [4.69, 9.17) is 9.47 Å². The van der Waals surface area contributed by atoms with Gasteiger partial charge in [-0.3, -0.25) is 29.0 Å². The summed E-state index contributed by atoms with van der Waals surface area (Å²) in [7, 11) is 2.94. The Morgan fingerprint density at radius 1 is 0.561 bits per heavy atom. The van der Waals surface area contributed by atoms with Gasteiger partial charge in [-0.05, 0) is 91.6 Å². The summed E-state index contributed by atoms with van der Waals surface area (Å²) in [5.41, 5.74) is 5.59. The number of ether oxygens (including phenoxy) is 2. The van der Waals surface area contributed by atoms with Gasteiger partial charge in [0.15, 0.2) is 0 Å². The van der Waals surface area contributed by atoms with Gasteiger partial charge in [0.05, 0.1) is 49.3 Å². The number of methoxy groups -OCH3 is 2. The van der Waals surface area contributed by atoms with Crippen LogP contribution in [0.3, 0.4) is 0 Å². The molecule has 0 aromatic heterocycles. The molecule has 9 rings (SSSR count). The Kier molecular flexibility index (Phi) is 8.99. The Morgan fingerprint density at radius 3 is 1.51 bits per heavy atom. The Morgan fingerprint density at radius 2 is 1.02 bits per heavy atom. The van der Waals surface area contributed by atoms with Crippen LogP contribution in [0.1, 0.15) is 24.3 Å². The predicted molar refractivity (Wildman–Crippen MR) is 216 cm³/mol. The molecule has 2 saturated heterocycles. The molecule has 4 aliphatic rings. The van der Waals surface area contributed by atoms with Crippen molar-refractivity contribution >= 4 is 57.8 Å². The number of anilines is 6. The van der Waals surface area contributed by atoms with E-state index in [1.807, 2.05) is 91.0 Å². The minimum absolute atomic E-state index is 0.0918. The molecular weight excluding hydrogens is 721 g/mol. The van der Waals surface area contributed by atoms with E-state index >= 15 is 0 Å². The molecule has 0 bridgehead atoms. The molecule has 2 aliphatic carbocycles. The summed E-state index contributed by atoms with van der Waals surface area (Å²) >= 11 is 0. The molecule has 57 heavy (non-hydrogen) atoms. The number of nitrogens with one attached hydrogen (secondary N) is 2. The SMILES string of the molecule is COc1cc(O)cc(OC)c1C1C2=CCC3C(=O)N(c4ccc(Nc5ccccc5)cc4)C(=O)C3C2CC2C(=O)N(c3ccc(Nc4ccccc4)cc3)C(=O)C21. The molecule has 3 fully saturated rings. The molecule has 6 atom stereocenters. The maximum absolute atomic E-state index is 14.8. The number of benzene rings is 5. The average molecular weight is 761 g/mol. The fraction of sp³-hybridized carbons (Fsp3) is 0.217. The number of rotatable bonds is 9. The van der Waals surface area contributed by atoms with E-state index < -0.39 is 35.5 Å². The van der Waals surface area contributed by atoms with Gasteiger partial charge in [-0.25, -0.2) is 0 Å². The molecule has 2 heterocycles. The van der Waals surface area contributed by atoms with Crippen LogP contribution in [0.2, 0.25) is 0 Å². The molecule has 0 radical (unpaired) electrons. The zero-order chi connectivity index (χ0) is 39.4. The van der Waals surface area contributed by atoms with Crippen molar-refractivity contribution in [3.63, 3.8) is 0 Å². The number of phenolic OH excluding ortho intramolecular Hbond substituents is 1. The fourth-order valence-corrected chi connectivity index (χ4v) is 9.41. The van der Waals surface area contributed by atoms with Gasteiger partial charge in [0.25, 0.3) is 0 Å². The van der Waals surface area contributed by atoms with Gasteiger partial charge in [0.1, 0.15) is 17.2 Å². The highest BCUT2D eigenvalue weighted by atomic mass is 16.5. The molecule has 5 aromatic carbocycles. The molecule has 6 unspecified atom stereocenters. The minimum Gasteiger partial charge on any atom is -0.508 e. The molecule has 286 valence electrons. The summed E-state index contributed by atoms with van der Waals surface area (Å²) in [6.45, 7) is 0. The molecule has 1 saturated carbocycles. The van der Waals surface area contributed by atoms with Crippen molar-refractivity contribution in [1.82, 2.24) is 0 Å². The number of amides is 4. The first-order valence-corrected chi connectivity index (χ1v) is 19.0. The van der Waals surface area contributed by atoms with Gasteiger partial charge < -0.3 is 25.2 Å². The summed E-state index contributed by atoms with van der Waals surface area (Å²) in [4.78, 5) is 60.7. The molecule has 2 aliphatic heterocycles. The van der Waals surface area contributed by atoms with Gasteiger partial charge in [-0.15, -0.1) is 0 Å². The van der Waals surface area contributed by atoms with E-state index in [1.54, 1.807) is 24.3 Å². The van der Waals surface area contributed by atoms with Crippen LogP contribution in [-0.4, -0.2) is 43.0 Å². The summed E-state index contributed by atoms with van der Waals surface area (Å²) in [6.07, 6.45) is 2.46. The summed E-state index contributed by atoms with van der Waals surface area (Å²) in [5.74, 6) is -5.23. The normalized spacial score (nSPS) is 23.7. The predicted octanol–water partition coefficient (Wildman–Crippen LogP) is 7.94. The first-order chi connectivity index (χ1) is 27.7. The molecule has 11 heteroatoms. The Balaban J connectivity index is 1.08. The number of carbonyl (C=O) groups is 4. The third-order valence-corrected chi connectivity index (χ3v) is 11.9. The van der Waals surface area contributed by atoms with Crippen molar-refractivity contribution in [2.75, 3.05) is 34.7 Å². The van der Waals surface area contributed by atoms with Crippen LogP contribution in [0.4, 0.5) is 34.1 Å². The minimum atomic E-state index is -0.862. The Labute approximate surface area is 329 Å². The lowest BCUT2D eigenvalue weighted by atomic mass is 9.57. The van der Waals surface area contributed by atoms with Crippen LogP contribution in [0.5, 0.6) is 17.2 Å². The number of hydrogen-bond donors (Lipinski definition) is 3. The maximum Gasteiger partial charge on any atom is 0.238 e. The van der Waals surface area contributed by atoms with Crippen LogP contribution in [-0.2, 0) is 19.2 Å². The van der Waals surface area contributed by atoms with Crippen LogP contribution < -0.4 is 29.9 Å². The monoisotopic (exact) mass is 760 g/mol. The molecule has 3 N–H and O–H groups in total. The van der Waals surface area contributed by atoms with Crippen LogP contribution in [0, 0.1) is 29.6 Å². The number of para-hydroxylation sites is 2. The lowest BCUT2D eigenvalue weighted by molar-refractivity contribution is -0.126. The fourth-order valence-electron chi connectivity index (χ4n) is 9.41. The summed E-state index contributed by atoms with van der Waals surface area (Å²) in [6, 6.07) is 36.6. The summed E-state index contributed by atoms with van der Waals surface area (Å²) < 4.78 is 11.6. The molecular formula is C46H40N4O7. The highest BCUT2D eigenvalue weighted by Crippen LogP contribution is 2.61. The average Bonchev–Trinajstić information content (AvgIpc) is 3.64. The van der Waals surface area contributed by atoms with E-state index in [1.165, 1.54) is 36.2 Å². The smallest absolute Gasteiger partial charge is 0.238 e. The molecule has 5 aromatic rings. The first-order valence-electron chi connectivity index (χ1n) is 19.0. The maximum atomic E-state index is 14.8. The lowest BCUT2D eigenvalue weighted by Gasteiger charge is -2.44. The van der Waals surface area contributed by atoms with Crippen LogP contribution in [0.25, 0.3) is 0 Å². The van der Waals surface area contributed by atoms with Crippen LogP contribution >= 0.6 is 0 Å². The van der Waals surface area contributed by atoms with Gasteiger partial charge in [-0.1, -0.05) is 48.0 Å². The second-order valence-electron chi connectivity index (χ2n) is 14.9. The number of carbonyl (C=O) groups excluding carboxylic acids is 4. The van der Waals surface area contributed by atoms with E-state index in [2.05, 4.69) is 10.6 Å². The van der Waals surface area contributed by atoms with Gasteiger partial charge in [-0.2, -0.15) is 0 Å². The topological polar surface area (TPSA) is 138 Å². The second kappa shape index (κ2) is 14.3. The Hall–Kier alpha value is -6.88. The lowest BCUT2D eigenvalue weighted by Crippen LogP contribution is -2.43. The van der Waals surface area contributed by atoms with E-state index in [0.717, 1.165) is 28.3 Å². The number of nitrogens with zero attached hydrogens (tertiary/aromatic N) is 2. The van der Waals surface area contributed by atoms with Gasteiger partial charge in [0, 0.05) is 46.4 Å². The van der Waals surface area contributed by atoms with Crippen molar-refractivity contribution in [2.24, 2.45) is 29.6 Å². The quantitative estimate of drug-likeness (QED) is 0.101. The third-order valence-electron chi connectivity index (χ3n) is 11.9. The number of phenols is 1. The van der Waals surface area contributed by atoms with Crippen molar-refractivity contribution in [1.29, 1.82) is 0 Å². The van der Waals surface area contributed by atoms with E-state index in [-0.39, 0.29) is 53.7 Å². The second-order valence-corrected chi connectivity index (χ2v) is 14.9. The molecule has 11 nitrogen and oxygen atoms in total. The van der Waals surface area contributed by atoms with Gasteiger partial charge in [0.2, 0.25) is 23.6 Å². The highest BCUT2D eigenvalue weighted by molar-refractivity contribution is 6.24. The number of aromatic hydroxyl groups is 1. The summed E-state index contributed by atoms with van der Waals surface area (Å²) in [5, 5.41) is 17.3. The number of fused-ring (bicyclic) bond motifs is 4.